The molecule has 2 aromatic carbocycles. The van der Waals surface area contributed by atoms with Crippen molar-refractivity contribution in [1.29, 1.82) is 0 Å². The Morgan fingerprint density at radius 2 is 1.79 bits per heavy atom. The highest BCUT2D eigenvalue weighted by molar-refractivity contribution is 6.02. The van der Waals surface area contributed by atoms with Crippen LogP contribution in [0.5, 0.6) is 5.88 Å². The normalized spacial score (nSPS) is 11.5. The van der Waals surface area contributed by atoms with E-state index >= 15 is 0 Å². The molecule has 0 aliphatic carbocycles. The number of aryl methyl sites for hydroxylation is 2. The van der Waals surface area contributed by atoms with Crippen LogP contribution in [0.2, 0.25) is 0 Å². The summed E-state index contributed by atoms with van der Waals surface area (Å²) in [6.07, 6.45) is 0.377. The van der Waals surface area contributed by atoms with Crippen LogP contribution in [0.25, 0.3) is 5.69 Å². The van der Waals surface area contributed by atoms with Gasteiger partial charge in [0.1, 0.15) is 5.56 Å². The van der Waals surface area contributed by atoms with E-state index in [9.17, 15) is 14.7 Å². The largest absolute Gasteiger partial charge is 0.493 e. The first-order valence-corrected chi connectivity index (χ1v) is 8.96. The van der Waals surface area contributed by atoms with Crippen molar-refractivity contribution >= 4 is 11.4 Å². The summed E-state index contributed by atoms with van der Waals surface area (Å²) in [4.78, 5) is 27.0. The van der Waals surface area contributed by atoms with Gasteiger partial charge in [0.05, 0.1) is 17.1 Å². The Balaban J connectivity index is 2.12. The average Bonchev–Trinajstić information content (AvgIpc) is 2.66. The fourth-order valence-electron chi connectivity index (χ4n) is 2.86. The zero-order chi connectivity index (χ0) is 20.3. The predicted molar refractivity (Wildman–Crippen MR) is 111 cm³/mol. The van der Waals surface area contributed by atoms with E-state index in [1.54, 1.807) is 12.1 Å². The predicted octanol–water partition coefficient (Wildman–Crippen LogP) is 3.07. The Kier molecular flexibility index (Phi) is 5.44. The van der Waals surface area contributed by atoms with Gasteiger partial charge in [-0.25, -0.2) is 9.36 Å². The second-order valence-electron chi connectivity index (χ2n) is 6.47. The number of benzene rings is 2. The van der Waals surface area contributed by atoms with E-state index in [-0.39, 0.29) is 5.56 Å². The fourth-order valence-corrected chi connectivity index (χ4v) is 2.86. The molecule has 0 amide bonds. The Morgan fingerprint density at radius 1 is 1.11 bits per heavy atom. The van der Waals surface area contributed by atoms with E-state index in [0.29, 0.717) is 17.8 Å². The summed E-state index contributed by atoms with van der Waals surface area (Å²) < 4.78 is 1.06. The molecule has 3 rings (SSSR count). The summed E-state index contributed by atoms with van der Waals surface area (Å²) in [5.74, 6) is -0.440. The molecule has 1 aromatic heterocycles. The third-order valence-electron chi connectivity index (χ3n) is 4.46. The first-order chi connectivity index (χ1) is 13.4. The molecule has 0 unspecified atom stereocenters. The van der Waals surface area contributed by atoms with Crippen molar-refractivity contribution < 1.29 is 5.11 Å². The molecule has 7 nitrogen and oxygen atoms in total. The second kappa shape index (κ2) is 7.96. The molecule has 0 spiro atoms. The summed E-state index contributed by atoms with van der Waals surface area (Å²) in [5.41, 5.74) is 5.08. The topological polar surface area (TPSA) is 99.5 Å². The van der Waals surface area contributed by atoms with Crippen molar-refractivity contribution in [2.24, 2.45) is 5.10 Å². The molecular weight excluding hydrogens is 356 g/mol. The van der Waals surface area contributed by atoms with Gasteiger partial charge in [-0.15, -0.1) is 0 Å². The number of aromatic hydroxyl groups is 1. The van der Waals surface area contributed by atoms with Crippen molar-refractivity contribution in [3.63, 3.8) is 0 Å². The summed E-state index contributed by atoms with van der Waals surface area (Å²) in [6, 6.07) is 14.6. The molecule has 1 heterocycles. The van der Waals surface area contributed by atoms with Crippen molar-refractivity contribution in [2.45, 2.75) is 27.2 Å². The second-order valence-corrected chi connectivity index (χ2v) is 6.47. The summed E-state index contributed by atoms with van der Waals surface area (Å²) >= 11 is 0. The van der Waals surface area contributed by atoms with Crippen LogP contribution in [-0.2, 0) is 0 Å². The SMILES string of the molecule is CC/C(=N\Nc1ccccc1C)c1c(O)n(-c2ccc(C)cc2)c(=O)[nH]c1=O. The molecule has 0 aliphatic heterocycles. The van der Waals surface area contributed by atoms with Crippen molar-refractivity contribution in [2.75, 3.05) is 5.43 Å². The molecule has 3 aromatic rings. The fraction of sp³-hybridized carbons (Fsp3) is 0.190. The minimum absolute atomic E-state index is 0.0382. The molecular formula is C21H22N4O3. The zero-order valence-corrected chi connectivity index (χ0v) is 16.0. The Hall–Kier alpha value is -3.61. The lowest BCUT2D eigenvalue weighted by molar-refractivity contribution is 0.429. The standard InChI is InChI=1S/C21H22N4O3/c1-4-16(23-24-17-8-6-5-7-14(17)3)18-19(26)22-21(28)25(20(18)27)15-11-9-13(2)10-12-15/h5-12,24,27H,4H2,1-3H3,(H,22,26,28)/b23-16+. The highest BCUT2D eigenvalue weighted by Crippen LogP contribution is 2.19. The van der Waals surface area contributed by atoms with Crippen LogP contribution < -0.4 is 16.7 Å². The van der Waals surface area contributed by atoms with Crippen LogP contribution in [0.15, 0.2) is 63.2 Å². The van der Waals surface area contributed by atoms with Crippen LogP contribution >= 0.6 is 0 Å². The van der Waals surface area contributed by atoms with Gasteiger partial charge in [-0.05, 0) is 44.0 Å². The van der Waals surface area contributed by atoms with Gasteiger partial charge in [0.15, 0.2) is 0 Å². The quantitative estimate of drug-likeness (QED) is 0.469. The molecule has 0 radical (unpaired) electrons. The summed E-state index contributed by atoms with van der Waals surface area (Å²) in [5, 5.41) is 15.1. The molecule has 0 saturated carbocycles. The van der Waals surface area contributed by atoms with Crippen LogP contribution in [0.4, 0.5) is 5.69 Å². The molecule has 144 valence electrons. The van der Waals surface area contributed by atoms with Crippen LogP contribution in [0.3, 0.4) is 0 Å². The first kappa shape index (κ1) is 19.2. The number of rotatable bonds is 5. The smallest absolute Gasteiger partial charge is 0.335 e. The summed E-state index contributed by atoms with van der Waals surface area (Å²) in [6.45, 7) is 5.67. The molecule has 0 saturated heterocycles. The van der Waals surface area contributed by atoms with Gasteiger partial charge in [-0.2, -0.15) is 5.10 Å². The highest BCUT2D eigenvalue weighted by Gasteiger charge is 2.19. The number of aromatic amines is 1. The maximum Gasteiger partial charge on any atom is 0.335 e. The molecule has 0 fully saturated rings. The number of hydrogen-bond donors (Lipinski definition) is 3. The van der Waals surface area contributed by atoms with Gasteiger partial charge in [0, 0.05) is 0 Å². The lowest BCUT2D eigenvalue weighted by Gasteiger charge is -2.13. The van der Waals surface area contributed by atoms with E-state index < -0.39 is 17.1 Å². The zero-order valence-electron chi connectivity index (χ0n) is 16.0. The van der Waals surface area contributed by atoms with Gasteiger partial charge in [0.25, 0.3) is 5.56 Å². The van der Waals surface area contributed by atoms with Gasteiger partial charge in [0.2, 0.25) is 5.88 Å². The number of H-pyrrole nitrogens is 1. The van der Waals surface area contributed by atoms with Crippen molar-refractivity contribution in [3.05, 3.63) is 86.1 Å². The maximum absolute atomic E-state index is 12.4. The van der Waals surface area contributed by atoms with Crippen LogP contribution in [-0.4, -0.2) is 20.4 Å². The van der Waals surface area contributed by atoms with E-state index in [1.807, 2.05) is 57.2 Å². The lowest BCUT2D eigenvalue weighted by atomic mass is 10.1. The van der Waals surface area contributed by atoms with Crippen LogP contribution in [0.1, 0.15) is 30.0 Å². The first-order valence-electron chi connectivity index (χ1n) is 8.96. The Bertz CT molecular complexity index is 1140. The lowest BCUT2D eigenvalue weighted by Crippen LogP contribution is -2.33. The van der Waals surface area contributed by atoms with E-state index in [0.717, 1.165) is 21.4 Å². The number of nitrogens with one attached hydrogen (secondary N) is 2. The number of nitrogens with zero attached hydrogens (tertiary/aromatic N) is 2. The minimum atomic E-state index is -0.711. The van der Waals surface area contributed by atoms with Gasteiger partial charge >= 0.3 is 5.69 Å². The number of anilines is 1. The number of aromatic nitrogens is 2. The van der Waals surface area contributed by atoms with Crippen molar-refractivity contribution in [3.8, 4) is 11.6 Å². The Labute approximate surface area is 162 Å². The van der Waals surface area contributed by atoms with E-state index in [1.165, 1.54) is 0 Å². The van der Waals surface area contributed by atoms with Crippen LogP contribution in [0, 0.1) is 13.8 Å². The van der Waals surface area contributed by atoms with Gasteiger partial charge in [-0.1, -0.05) is 42.8 Å². The molecule has 28 heavy (non-hydrogen) atoms. The Morgan fingerprint density at radius 3 is 2.43 bits per heavy atom. The molecule has 7 heteroatoms. The summed E-state index contributed by atoms with van der Waals surface area (Å²) in [7, 11) is 0. The van der Waals surface area contributed by atoms with Gasteiger partial charge in [-0.3, -0.25) is 15.2 Å². The van der Waals surface area contributed by atoms with Crippen molar-refractivity contribution in [1.82, 2.24) is 9.55 Å². The molecule has 0 aliphatic rings. The average molecular weight is 378 g/mol. The number of hydrogen-bond acceptors (Lipinski definition) is 5. The molecule has 0 atom stereocenters. The number of para-hydroxylation sites is 1. The minimum Gasteiger partial charge on any atom is -0.493 e. The van der Waals surface area contributed by atoms with Gasteiger partial charge < -0.3 is 5.11 Å². The third-order valence-corrected chi connectivity index (χ3v) is 4.46. The monoisotopic (exact) mass is 378 g/mol. The third kappa shape index (κ3) is 3.73. The molecule has 3 N–H and O–H groups in total. The maximum atomic E-state index is 12.4. The van der Waals surface area contributed by atoms with E-state index in [2.05, 4.69) is 15.5 Å². The molecule has 0 bridgehead atoms. The number of hydrazone groups is 1. The highest BCUT2D eigenvalue weighted by atomic mass is 16.3. The van der Waals surface area contributed by atoms with E-state index in [4.69, 9.17) is 0 Å².